The van der Waals surface area contributed by atoms with E-state index in [2.05, 4.69) is 9.88 Å². The highest BCUT2D eigenvalue weighted by Crippen LogP contribution is 2.46. The van der Waals surface area contributed by atoms with Gasteiger partial charge in [-0.2, -0.15) is 0 Å². The molecule has 20 heavy (non-hydrogen) atoms. The van der Waals surface area contributed by atoms with Crippen molar-refractivity contribution in [2.45, 2.75) is 45.4 Å². The molecule has 2 fully saturated rings. The van der Waals surface area contributed by atoms with Crippen LogP contribution in [0.25, 0.3) is 0 Å². The van der Waals surface area contributed by atoms with E-state index in [9.17, 15) is 4.79 Å². The molecule has 3 rings (SSSR count). The Morgan fingerprint density at radius 2 is 1.85 bits per heavy atom. The largest absolute Gasteiger partial charge is 0.478 e. The van der Waals surface area contributed by atoms with Crippen molar-refractivity contribution >= 4 is 11.8 Å². The van der Waals surface area contributed by atoms with Crippen LogP contribution in [0.2, 0.25) is 0 Å². The Labute approximate surface area is 119 Å². The first-order chi connectivity index (χ1) is 9.58. The molecule has 2 heterocycles. The van der Waals surface area contributed by atoms with Crippen molar-refractivity contribution in [2.24, 2.45) is 5.41 Å². The second-order valence-electron chi connectivity index (χ2n) is 6.35. The molecule has 1 aromatic rings. The molecule has 0 radical (unpaired) electrons. The highest BCUT2D eigenvalue weighted by Gasteiger charge is 2.37. The number of carbonyl (C=O) groups is 1. The Kier molecular flexibility index (Phi) is 3.40. The molecule has 0 bridgehead atoms. The van der Waals surface area contributed by atoms with Crippen molar-refractivity contribution < 1.29 is 9.90 Å². The van der Waals surface area contributed by atoms with Gasteiger partial charge in [-0.15, -0.1) is 0 Å². The van der Waals surface area contributed by atoms with Crippen molar-refractivity contribution in [1.82, 2.24) is 4.98 Å². The third-order valence-electron chi connectivity index (χ3n) is 5.00. The molecule has 108 valence electrons. The monoisotopic (exact) mass is 274 g/mol. The predicted molar refractivity (Wildman–Crippen MR) is 78.3 cm³/mol. The molecule has 0 amide bonds. The Morgan fingerprint density at radius 3 is 2.45 bits per heavy atom. The highest BCUT2D eigenvalue weighted by molar-refractivity contribution is 5.88. The van der Waals surface area contributed by atoms with Crippen LogP contribution in [0, 0.1) is 12.3 Å². The molecule has 1 aliphatic carbocycles. The molecular weight excluding hydrogens is 252 g/mol. The maximum atomic E-state index is 11.1. The molecule has 0 atom stereocenters. The van der Waals surface area contributed by atoms with E-state index in [0.29, 0.717) is 11.0 Å². The van der Waals surface area contributed by atoms with Gasteiger partial charge in [-0.3, -0.25) is 0 Å². The van der Waals surface area contributed by atoms with Gasteiger partial charge in [0, 0.05) is 18.8 Å². The fourth-order valence-corrected chi connectivity index (χ4v) is 3.77. The third kappa shape index (κ3) is 2.51. The Balaban J connectivity index is 1.76. The van der Waals surface area contributed by atoms with Gasteiger partial charge in [0.15, 0.2) is 0 Å². The Hall–Kier alpha value is -1.58. The van der Waals surface area contributed by atoms with Gasteiger partial charge in [0.2, 0.25) is 0 Å². The zero-order valence-corrected chi connectivity index (χ0v) is 12.1. The molecule has 1 aromatic heterocycles. The summed E-state index contributed by atoms with van der Waals surface area (Å²) in [4.78, 5) is 17.9. The summed E-state index contributed by atoms with van der Waals surface area (Å²) in [6.07, 6.45) is 7.97. The van der Waals surface area contributed by atoms with Crippen molar-refractivity contribution in [1.29, 1.82) is 0 Å². The first kappa shape index (κ1) is 13.4. The molecule has 0 unspecified atom stereocenters. The average molecular weight is 274 g/mol. The summed E-state index contributed by atoms with van der Waals surface area (Å²) in [5, 5.41) is 9.15. The van der Waals surface area contributed by atoms with Crippen LogP contribution in [-0.2, 0) is 0 Å². The molecular formula is C16H22N2O2. The maximum absolute atomic E-state index is 11.1. The average Bonchev–Trinajstić information content (AvgIpc) is 2.87. The molecule has 0 aromatic carbocycles. The van der Waals surface area contributed by atoms with Gasteiger partial charge < -0.3 is 10.0 Å². The molecule has 1 saturated heterocycles. The zero-order valence-electron chi connectivity index (χ0n) is 12.1. The smallest absolute Gasteiger partial charge is 0.335 e. The summed E-state index contributed by atoms with van der Waals surface area (Å²) < 4.78 is 0. The van der Waals surface area contributed by atoms with Crippen LogP contribution < -0.4 is 4.90 Å². The predicted octanol–water partition coefficient (Wildman–Crippen LogP) is 3.25. The van der Waals surface area contributed by atoms with Crippen LogP contribution in [0.15, 0.2) is 12.1 Å². The minimum atomic E-state index is -0.874. The number of nitrogens with zero attached hydrogens (tertiary/aromatic N) is 2. The summed E-state index contributed by atoms with van der Waals surface area (Å²) in [6, 6.07) is 3.34. The lowest BCUT2D eigenvalue weighted by molar-refractivity contribution is 0.0696. The second kappa shape index (κ2) is 5.08. The maximum Gasteiger partial charge on any atom is 0.335 e. The van der Waals surface area contributed by atoms with Crippen molar-refractivity contribution in [2.75, 3.05) is 18.0 Å². The number of carboxylic acid groups (broad SMARTS) is 1. The fourth-order valence-electron chi connectivity index (χ4n) is 3.77. The second-order valence-corrected chi connectivity index (χ2v) is 6.35. The van der Waals surface area contributed by atoms with Crippen LogP contribution in [0.3, 0.4) is 0 Å². The van der Waals surface area contributed by atoms with E-state index in [1.165, 1.54) is 38.5 Å². The third-order valence-corrected chi connectivity index (χ3v) is 5.00. The van der Waals surface area contributed by atoms with Crippen LogP contribution >= 0.6 is 0 Å². The zero-order chi connectivity index (χ0) is 14.2. The van der Waals surface area contributed by atoms with Gasteiger partial charge in [-0.1, -0.05) is 12.8 Å². The quantitative estimate of drug-likeness (QED) is 0.899. The number of hydrogen-bond acceptors (Lipinski definition) is 3. The van der Waals surface area contributed by atoms with Gasteiger partial charge in [0.05, 0.1) is 5.56 Å². The minimum Gasteiger partial charge on any atom is -0.478 e. The van der Waals surface area contributed by atoms with Crippen LogP contribution in [-0.4, -0.2) is 29.1 Å². The summed E-state index contributed by atoms with van der Waals surface area (Å²) in [6.45, 7) is 3.88. The van der Waals surface area contributed by atoms with E-state index < -0.39 is 5.97 Å². The minimum absolute atomic E-state index is 0.341. The molecule has 1 spiro atoms. The van der Waals surface area contributed by atoms with E-state index in [4.69, 9.17) is 5.11 Å². The molecule has 4 nitrogen and oxygen atoms in total. The molecule has 2 aliphatic rings. The summed E-state index contributed by atoms with van der Waals surface area (Å²) >= 11 is 0. The lowest BCUT2D eigenvalue weighted by Gasteiger charge is -2.40. The number of piperidine rings is 1. The van der Waals surface area contributed by atoms with Crippen LogP contribution in [0.5, 0.6) is 0 Å². The first-order valence-corrected chi connectivity index (χ1v) is 7.55. The lowest BCUT2D eigenvalue weighted by atomic mass is 9.77. The molecule has 1 aliphatic heterocycles. The Bertz CT molecular complexity index is 511. The van der Waals surface area contributed by atoms with E-state index in [1.807, 2.05) is 6.92 Å². The van der Waals surface area contributed by atoms with E-state index in [-0.39, 0.29) is 0 Å². The number of carboxylic acids is 1. The highest BCUT2D eigenvalue weighted by atomic mass is 16.4. The number of hydrogen-bond donors (Lipinski definition) is 1. The van der Waals surface area contributed by atoms with Gasteiger partial charge >= 0.3 is 5.97 Å². The van der Waals surface area contributed by atoms with Crippen molar-refractivity contribution in [3.05, 3.63) is 23.4 Å². The van der Waals surface area contributed by atoms with E-state index in [0.717, 1.165) is 24.6 Å². The van der Waals surface area contributed by atoms with Gasteiger partial charge in [0.1, 0.15) is 5.82 Å². The van der Waals surface area contributed by atoms with Crippen molar-refractivity contribution in [3.8, 4) is 0 Å². The number of aromatic carboxylic acids is 1. The van der Waals surface area contributed by atoms with E-state index >= 15 is 0 Å². The lowest BCUT2D eigenvalue weighted by Crippen LogP contribution is -2.39. The number of anilines is 1. The van der Waals surface area contributed by atoms with Gasteiger partial charge in [-0.05, 0) is 50.2 Å². The normalized spacial score (nSPS) is 21.4. The first-order valence-electron chi connectivity index (χ1n) is 7.55. The Morgan fingerprint density at radius 1 is 1.20 bits per heavy atom. The number of aryl methyl sites for hydroxylation is 1. The molecule has 1 saturated carbocycles. The number of rotatable bonds is 2. The molecule has 4 heteroatoms. The van der Waals surface area contributed by atoms with Crippen molar-refractivity contribution in [3.63, 3.8) is 0 Å². The molecule has 1 N–H and O–H groups in total. The number of pyridine rings is 1. The van der Waals surface area contributed by atoms with Gasteiger partial charge in [0.25, 0.3) is 0 Å². The summed E-state index contributed by atoms with van der Waals surface area (Å²) in [5.41, 5.74) is 1.70. The summed E-state index contributed by atoms with van der Waals surface area (Å²) in [5.74, 6) is -0.0451. The summed E-state index contributed by atoms with van der Waals surface area (Å²) in [7, 11) is 0. The standard InChI is InChI=1S/C16H22N2O2/c1-12-10-13(15(19)20)11-14(17-12)18-8-6-16(7-9-18)4-2-3-5-16/h10-11H,2-9H2,1H3,(H,19,20). The van der Waals surface area contributed by atoms with Gasteiger partial charge in [-0.25, -0.2) is 9.78 Å². The number of aromatic nitrogens is 1. The SMILES string of the molecule is Cc1cc(C(=O)O)cc(N2CCC3(CCCC3)CC2)n1. The van der Waals surface area contributed by atoms with Crippen LogP contribution in [0.1, 0.15) is 54.6 Å². The topological polar surface area (TPSA) is 53.4 Å². The van der Waals surface area contributed by atoms with E-state index in [1.54, 1.807) is 12.1 Å². The fraction of sp³-hybridized carbons (Fsp3) is 0.625. The van der Waals surface area contributed by atoms with Crippen LogP contribution in [0.4, 0.5) is 5.82 Å².